The zero-order valence-corrected chi connectivity index (χ0v) is 6.21. The van der Waals surface area contributed by atoms with Gasteiger partial charge in [-0.3, -0.25) is 0 Å². The Labute approximate surface area is 64.4 Å². The summed E-state index contributed by atoms with van der Waals surface area (Å²) in [6.45, 7) is 1.63. The summed E-state index contributed by atoms with van der Waals surface area (Å²) in [5, 5.41) is 27.1. The molecule has 0 bridgehead atoms. The summed E-state index contributed by atoms with van der Waals surface area (Å²) in [6.07, 6.45) is -4.20. The molecule has 0 spiro atoms. The zero-order chi connectivity index (χ0) is 8.59. The number of aliphatic hydroxyl groups is 3. The Balaban J connectivity index is 2.63. The van der Waals surface area contributed by atoms with Crippen molar-refractivity contribution in [1.29, 1.82) is 0 Å². The highest BCUT2D eigenvalue weighted by atomic mass is 16.6. The fraction of sp³-hybridized carbons (Fsp3) is 1.00. The SMILES string of the molecule is C[C@H]1O[C@H](O)[C@H](O)[C@@H](O)[C@H]1N. The first kappa shape index (κ1) is 8.89. The van der Waals surface area contributed by atoms with Gasteiger partial charge in [-0.1, -0.05) is 0 Å². The molecule has 0 unspecified atom stereocenters. The monoisotopic (exact) mass is 163 g/mol. The van der Waals surface area contributed by atoms with E-state index in [1.54, 1.807) is 6.92 Å². The molecule has 66 valence electrons. The molecular formula is C6H13NO4. The minimum absolute atomic E-state index is 0.441. The Hall–Kier alpha value is -0.200. The van der Waals surface area contributed by atoms with Crippen LogP contribution in [0.2, 0.25) is 0 Å². The summed E-state index contributed by atoms with van der Waals surface area (Å²) >= 11 is 0. The van der Waals surface area contributed by atoms with Crippen LogP contribution in [0.25, 0.3) is 0 Å². The predicted molar refractivity (Wildman–Crippen MR) is 36.5 cm³/mol. The summed E-state index contributed by atoms with van der Waals surface area (Å²) in [5.74, 6) is 0. The molecule has 0 saturated carbocycles. The Kier molecular flexibility index (Phi) is 2.46. The second kappa shape index (κ2) is 3.04. The summed E-state index contributed by atoms with van der Waals surface area (Å²) in [4.78, 5) is 0. The first-order chi connectivity index (χ1) is 5.04. The maximum absolute atomic E-state index is 9.17. The molecule has 5 N–H and O–H groups in total. The van der Waals surface area contributed by atoms with Crippen molar-refractivity contribution in [1.82, 2.24) is 0 Å². The number of rotatable bonds is 0. The van der Waals surface area contributed by atoms with Crippen LogP contribution in [0.4, 0.5) is 0 Å². The molecule has 5 atom stereocenters. The van der Waals surface area contributed by atoms with Gasteiger partial charge in [0.15, 0.2) is 6.29 Å². The molecule has 1 aliphatic rings. The predicted octanol–water partition coefficient (Wildman–Crippen LogP) is -2.23. The van der Waals surface area contributed by atoms with Crippen LogP contribution in [0.15, 0.2) is 0 Å². The van der Waals surface area contributed by atoms with Gasteiger partial charge >= 0.3 is 0 Å². The van der Waals surface area contributed by atoms with Crippen molar-refractivity contribution in [3.63, 3.8) is 0 Å². The molecule has 1 rings (SSSR count). The summed E-state index contributed by atoms with van der Waals surface area (Å²) in [5.41, 5.74) is 5.43. The maximum Gasteiger partial charge on any atom is 0.183 e. The van der Waals surface area contributed by atoms with Gasteiger partial charge in [0.05, 0.1) is 12.1 Å². The molecule has 0 aliphatic carbocycles. The molecule has 1 fully saturated rings. The van der Waals surface area contributed by atoms with E-state index in [9.17, 15) is 5.11 Å². The van der Waals surface area contributed by atoms with Crippen LogP contribution < -0.4 is 5.73 Å². The van der Waals surface area contributed by atoms with E-state index in [0.29, 0.717) is 0 Å². The third-order valence-electron chi connectivity index (χ3n) is 1.93. The average molecular weight is 163 g/mol. The average Bonchev–Trinajstić information content (AvgIpc) is 1.97. The van der Waals surface area contributed by atoms with E-state index >= 15 is 0 Å². The molecule has 0 aromatic rings. The van der Waals surface area contributed by atoms with Gasteiger partial charge in [-0.25, -0.2) is 0 Å². The quantitative estimate of drug-likeness (QED) is 0.324. The van der Waals surface area contributed by atoms with Gasteiger partial charge in [-0.15, -0.1) is 0 Å². The minimum Gasteiger partial charge on any atom is -0.388 e. The van der Waals surface area contributed by atoms with Gasteiger partial charge in [-0.2, -0.15) is 0 Å². The topological polar surface area (TPSA) is 95.9 Å². The van der Waals surface area contributed by atoms with Crippen LogP contribution in [0, 0.1) is 0 Å². The molecule has 0 aromatic carbocycles. The van der Waals surface area contributed by atoms with Crippen molar-refractivity contribution >= 4 is 0 Å². The smallest absolute Gasteiger partial charge is 0.183 e. The van der Waals surface area contributed by atoms with Crippen molar-refractivity contribution < 1.29 is 20.1 Å². The Bertz CT molecular complexity index is 129. The van der Waals surface area contributed by atoms with Crippen molar-refractivity contribution in [3.8, 4) is 0 Å². The Morgan fingerprint density at radius 1 is 1.18 bits per heavy atom. The molecular weight excluding hydrogens is 150 g/mol. The third-order valence-corrected chi connectivity index (χ3v) is 1.93. The number of aliphatic hydroxyl groups excluding tert-OH is 3. The van der Waals surface area contributed by atoms with Crippen molar-refractivity contribution in [3.05, 3.63) is 0 Å². The van der Waals surface area contributed by atoms with Crippen molar-refractivity contribution in [2.24, 2.45) is 5.73 Å². The molecule has 11 heavy (non-hydrogen) atoms. The highest BCUT2D eigenvalue weighted by molar-refractivity contribution is 4.89. The van der Waals surface area contributed by atoms with Gasteiger partial charge in [0, 0.05) is 0 Å². The van der Waals surface area contributed by atoms with E-state index in [2.05, 4.69) is 0 Å². The second-order valence-corrected chi connectivity index (χ2v) is 2.79. The lowest BCUT2D eigenvalue weighted by Gasteiger charge is -2.37. The van der Waals surface area contributed by atoms with Crippen LogP contribution in [0.5, 0.6) is 0 Å². The molecule has 0 amide bonds. The fourth-order valence-corrected chi connectivity index (χ4v) is 1.07. The molecule has 1 heterocycles. The maximum atomic E-state index is 9.17. The van der Waals surface area contributed by atoms with Gasteiger partial charge < -0.3 is 25.8 Å². The van der Waals surface area contributed by atoms with Gasteiger partial charge in [0.25, 0.3) is 0 Å². The van der Waals surface area contributed by atoms with E-state index in [-0.39, 0.29) is 0 Å². The summed E-state index contributed by atoms with van der Waals surface area (Å²) in [6, 6.07) is -0.645. The lowest BCUT2D eigenvalue weighted by Crippen LogP contribution is -2.60. The number of hydrogen-bond acceptors (Lipinski definition) is 5. The number of ether oxygens (including phenoxy) is 1. The first-order valence-electron chi connectivity index (χ1n) is 3.49. The summed E-state index contributed by atoms with van der Waals surface area (Å²) in [7, 11) is 0. The molecule has 5 heteroatoms. The van der Waals surface area contributed by atoms with Crippen LogP contribution >= 0.6 is 0 Å². The highest BCUT2D eigenvalue weighted by Gasteiger charge is 2.39. The summed E-state index contributed by atoms with van der Waals surface area (Å²) < 4.78 is 4.80. The molecule has 1 saturated heterocycles. The second-order valence-electron chi connectivity index (χ2n) is 2.79. The van der Waals surface area contributed by atoms with E-state index in [0.717, 1.165) is 0 Å². The van der Waals surface area contributed by atoms with Crippen LogP contribution in [0.1, 0.15) is 6.92 Å². The molecule has 0 radical (unpaired) electrons. The van der Waals surface area contributed by atoms with Crippen LogP contribution in [-0.2, 0) is 4.74 Å². The van der Waals surface area contributed by atoms with E-state index in [4.69, 9.17) is 20.7 Å². The van der Waals surface area contributed by atoms with Crippen LogP contribution in [0.3, 0.4) is 0 Å². The van der Waals surface area contributed by atoms with Gasteiger partial charge in [-0.05, 0) is 6.92 Å². The lowest BCUT2D eigenvalue weighted by molar-refractivity contribution is -0.249. The van der Waals surface area contributed by atoms with Crippen molar-refractivity contribution in [2.75, 3.05) is 0 Å². The normalized spacial score (nSPS) is 52.6. The van der Waals surface area contributed by atoms with Gasteiger partial charge in [0.1, 0.15) is 12.2 Å². The lowest BCUT2D eigenvalue weighted by atomic mass is 9.98. The van der Waals surface area contributed by atoms with Crippen molar-refractivity contribution in [2.45, 2.75) is 37.6 Å². The van der Waals surface area contributed by atoms with Crippen LogP contribution in [-0.4, -0.2) is 46.0 Å². The minimum atomic E-state index is -1.33. The Morgan fingerprint density at radius 3 is 2.27 bits per heavy atom. The van der Waals surface area contributed by atoms with E-state index in [1.807, 2.05) is 0 Å². The standard InChI is InChI=1S/C6H13NO4/c1-2-3(7)4(8)5(9)6(10)11-2/h2-6,8-10H,7H2,1H3/t2-,3+,4+,5-,6+/m1/s1. The molecule has 0 aromatic heterocycles. The van der Waals surface area contributed by atoms with E-state index < -0.39 is 30.6 Å². The van der Waals surface area contributed by atoms with E-state index in [1.165, 1.54) is 0 Å². The highest BCUT2D eigenvalue weighted by Crippen LogP contribution is 2.17. The molecule has 5 nitrogen and oxygen atoms in total. The third kappa shape index (κ3) is 1.52. The zero-order valence-electron chi connectivity index (χ0n) is 6.21. The Morgan fingerprint density at radius 2 is 1.73 bits per heavy atom. The largest absolute Gasteiger partial charge is 0.388 e. The fourth-order valence-electron chi connectivity index (χ4n) is 1.07. The molecule has 1 aliphatic heterocycles. The number of nitrogens with two attached hydrogens (primary N) is 1. The first-order valence-corrected chi connectivity index (χ1v) is 3.49. The number of hydrogen-bond donors (Lipinski definition) is 4. The van der Waals surface area contributed by atoms with Gasteiger partial charge in [0.2, 0.25) is 0 Å².